The lowest BCUT2D eigenvalue weighted by atomic mass is 10.1. The van der Waals surface area contributed by atoms with Crippen LogP contribution in [0, 0.1) is 0 Å². The van der Waals surface area contributed by atoms with Gasteiger partial charge in [-0.2, -0.15) is 5.10 Å². The Morgan fingerprint density at radius 2 is 2.08 bits per heavy atom. The Morgan fingerprint density at radius 1 is 1.21 bits per heavy atom. The van der Waals surface area contributed by atoms with Gasteiger partial charge in [-0.15, -0.1) is 0 Å². The van der Waals surface area contributed by atoms with Crippen LogP contribution in [0.5, 0.6) is 0 Å². The molecule has 24 heavy (non-hydrogen) atoms. The first kappa shape index (κ1) is 15.1. The predicted octanol–water partition coefficient (Wildman–Crippen LogP) is 4.05. The Balaban J connectivity index is 1.55. The zero-order chi connectivity index (χ0) is 16.5. The fourth-order valence-corrected chi connectivity index (χ4v) is 3.47. The summed E-state index contributed by atoms with van der Waals surface area (Å²) in [4.78, 5) is 12.6. The maximum Gasteiger partial charge on any atom is 0.251 e. The third kappa shape index (κ3) is 2.87. The number of carbonyl (C=O) groups excluding carboxylic acids is 1. The number of benzene rings is 2. The van der Waals surface area contributed by atoms with Crippen molar-refractivity contribution in [2.24, 2.45) is 0 Å². The summed E-state index contributed by atoms with van der Waals surface area (Å²) in [5.41, 5.74) is 4.07. The molecule has 5 heteroatoms. The van der Waals surface area contributed by atoms with Crippen molar-refractivity contribution in [2.45, 2.75) is 18.9 Å². The van der Waals surface area contributed by atoms with Crippen LogP contribution in [0.2, 0.25) is 0 Å². The van der Waals surface area contributed by atoms with Crippen molar-refractivity contribution in [1.29, 1.82) is 0 Å². The van der Waals surface area contributed by atoms with E-state index in [9.17, 15) is 4.79 Å². The molecule has 1 aromatic heterocycles. The normalized spacial score (nSPS) is 16.0. The van der Waals surface area contributed by atoms with E-state index in [1.165, 1.54) is 11.1 Å². The lowest BCUT2D eigenvalue weighted by Gasteiger charge is -2.14. The standard InChI is InChI=1S/C19H16BrN3O/c20-15-11-21-23(12-15)16-6-3-5-14(10-16)19(24)22-18-9-8-13-4-1-2-7-17(13)18/h1-7,10-12,18H,8-9H2,(H,22,24). The van der Waals surface area contributed by atoms with Gasteiger partial charge in [-0.05, 0) is 58.1 Å². The number of amides is 1. The van der Waals surface area contributed by atoms with Gasteiger partial charge >= 0.3 is 0 Å². The SMILES string of the molecule is O=C(NC1CCc2ccccc21)c1cccc(-n2cc(Br)cn2)c1. The monoisotopic (exact) mass is 381 g/mol. The Kier molecular flexibility index (Phi) is 3.94. The van der Waals surface area contributed by atoms with E-state index < -0.39 is 0 Å². The fourth-order valence-electron chi connectivity index (χ4n) is 3.18. The molecule has 3 aromatic rings. The minimum Gasteiger partial charge on any atom is -0.345 e. The van der Waals surface area contributed by atoms with Crippen LogP contribution in [0.4, 0.5) is 0 Å². The maximum absolute atomic E-state index is 12.6. The van der Waals surface area contributed by atoms with E-state index in [1.807, 2.05) is 36.5 Å². The number of hydrogen-bond donors (Lipinski definition) is 1. The van der Waals surface area contributed by atoms with Gasteiger partial charge in [0.25, 0.3) is 5.91 Å². The highest BCUT2D eigenvalue weighted by Gasteiger charge is 2.23. The molecule has 1 atom stereocenters. The molecular formula is C19H16BrN3O. The summed E-state index contributed by atoms with van der Waals surface area (Å²) >= 11 is 3.39. The fraction of sp³-hybridized carbons (Fsp3) is 0.158. The highest BCUT2D eigenvalue weighted by Crippen LogP contribution is 2.30. The van der Waals surface area contributed by atoms with E-state index in [4.69, 9.17) is 0 Å². The molecule has 0 fully saturated rings. The number of aryl methyl sites for hydroxylation is 1. The quantitative estimate of drug-likeness (QED) is 0.743. The molecule has 1 N–H and O–H groups in total. The van der Waals surface area contributed by atoms with Gasteiger partial charge in [0.05, 0.1) is 22.4 Å². The Bertz CT molecular complexity index is 903. The highest BCUT2D eigenvalue weighted by atomic mass is 79.9. The Hall–Kier alpha value is -2.40. The van der Waals surface area contributed by atoms with Gasteiger partial charge in [0.15, 0.2) is 0 Å². The molecule has 0 saturated heterocycles. The second-order valence-corrected chi connectivity index (χ2v) is 6.83. The van der Waals surface area contributed by atoms with Crippen LogP contribution >= 0.6 is 15.9 Å². The molecule has 4 rings (SSSR count). The van der Waals surface area contributed by atoms with Crippen molar-refractivity contribution >= 4 is 21.8 Å². The van der Waals surface area contributed by atoms with Crippen molar-refractivity contribution in [3.8, 4) is 5.69 Å². The van der Waals surface area contributed by atoms with E-state index in [-0.39, 0.29) is 11.9 Å². The van der Waals surface area contributed by atoms with Crippen LogP contribution in [-0.2, 0) is 6.42 Å². The zero-order valence-electron chi connectivity index (χ0n) is 12.9. The van der Waals surface area contributed by atoms with Gasteiger partial charge in [-0.25, -0.2) is 4.68 Å². The summed E-state index contributed by atoms with van der Waals surface area (Å²) in [5.74, 6) is -0.0511. The molecule has 1 heterocycles. The van der Waals surface area contributed by atoms with E-state index in [1.54, 1.807) is 10.9 Å². The van der Waals surface area contributed by atoms with Crippen molar-refractivity contribution in [1.82, 2.24) is 15.1 Å². The number of halogens is 1. The maximum atomic E-state index is 12.6. The molecule has 0 spiro atoms. The van der Waals surface area contributed by atoms with Crippen LogP contribution in [0.1, 0.15) is 33.9 Å². The first-order valence-corrected chi connectivity index (χ1v) is 8.69. The van der Waals surface area contributed by atoms with Gasteiger partial charge in [-0.3, -0.25) is 4.79 Å². The number of aromatic nitrogens is 2. The molecule has 2 aromatic carbocycles. The van der Waals surface area contributed by atoms with Crippen LogP contribution in [-0.4, -0.2) is 15.7 Å². The molecule has 1 amide bonds. The second-order valence-electron chi connectivity index (χ2n) is 5.92. The van der Waals surface area contributed by atoms with Gasteiger partial charge in [0.2, 0.25) is 0 Å². The van der Waals surface area contributed by atoms with Gasteiger partial charge in [0, 0.05) is 11.8 Å². The lowest BCUT2D eigenvalue weighted by Crippen LogP contribution is -2.27. The number of hydrogen-bond acceptors (Lipinski definition) is 2. The Morgan fingerprint density at radius 3 is 2.92 bits per heavy atom. The summed E-state index contributed by atoms with van der Waals surface area (Å²) in [6, 6.07) is 15.9. The van der Waals surface area contributed by atoms with Crippen LogP contribution in [0.3, 0.4) is 0 Å². The average molecular weight is 382 g/mol. The smallest absolute Gasteiger partial charge is 0.251 e. The predicted molar refractivity (Wildman–Crippen MR) is 96.2 cm³/mol. The molecule has 120 valence electrons. The highest BCUT2D eigenvalue weighted by molar-refractivity contribution is 9.10. The lowest BCUT2D eigenvalue weighted by molar-refractivity contribution is 0.0936. The molecule has 0 radical (unpaired) electrons. The van der Waals surface area contributed by atoms with Gasteiger partial charge in [-0.1, -0.05) is 30.3 Å². The molecule has 0 saturated carbocycles. The van der Waals surface area contributed by atoms with Crippen LogP contribution < -0.4 is 5.32 Å². The molecule has 1 unspecified atom stereocenters. The minimum absolute atomic E-state index is 0.0511. The third-order valence-corrected chi connectivity index (χ3v) is 4.77. The van der Waals surface area contributed by atoms with Gasteiger partial charge in [0.1, 0.15) is 0 Å². The first-order chi connectivity index (χ1) is 11.7. The minimum atomic E-state index is -0.0511. The van der Waals surface area contributed by atoms with E-state index >= 15 is 0 Å². The summed E-state index contributed by atoms with van der Waals surface area (Å²) in [6.45, 7) is 0. The summed E-state index contributed by atoms with van der Waals surface area (Å²) in [7, 11) is 0. The molecule has 0 aliphatic heterocycles. The van der Waals surface area contributed by atoms with E-state index in [0.717, 1.165) is 23.0 Å². The molecular weight excluding hydrogens is 366 g/mol. The van der Waals surface area contributed by atoms with Crippen molar-refractivity contribution in [2.75, 3.05) is 0 Å². The number of carbonyl (C=O) groups is 1. The van der Waals surface area contributed by atoms with Crippen LogP contribution in [0.25, 0.3) is 5.69 Å². The average Bonchev–Trinajstić information content (AvgIpc) is 3.22. The summed E-state index contributed by atoms with van der Waals surface area (Å²) in [5, 5.41) is 7.41. The number of nitrogens with one attached hydrogen (secondary N) is 1. The molecule has 1 aliphatic carbocycles. The number of fused-ring (bicyclic) bond motifs is 1. The third-order valence-electron chi connectivity index (χ3n) is 4.36. The van der Waals surface area contributed by atoms with Crippen LogP contribution in [0.15, 0.2) is 65.4 Å². The molecule has 1 aliphatic rings. The topological polar surface area (TPSA) is 46.9 Å². The Labute approximate surface area is 148 Å². The van der Waals surface area contributed by atoms with E-state index in [0.29, 0.717) is 5.56 Å². The summed E-state index contributed by atoms with van der Waals surface area (Å²) < 4.78 is 2.64. The number of rotatable bonds is 3. The number of nitrogens with zero attached hydrogens (tertiary/aromatic N) is 2. The van der Waals surface area contributed by atoms with E-state index in [2.05, 4.69) is 44.5 Å². The largest absolute Gasteiger partial charge is 0.345 e. The van der Waals surface area contributed by atoms with Crippen molar-refractivity contribution in [3.05, 3.63) is 82.1 Å². The van der Waals surface area contributed by atoms with Crippen molar-refractivity contribution in [3.63, 3.8) is 0 Å². The molecule has 0 bridgehead atoms. The first-order valence-electron chi connectivity index (χ1n) is 7.90. The molecule has 4 nitrogen and oxygen atoms in total. The summed E-state index contributed by atoms with van der Waals surface area (Å²) in [6.07, 6.45) is 5.56. The second kappa shape index (κ2) is 6.24. The zero-order valence-corrected chi connectivity index (χ0v) is 14.5. The van der Waals surface area contributed by atoms with Gasteiger partial charge < -0.3 is 5.32 Å². The van der Waals surface area contributed by atoms with Crippen molar-refractivity contribution < 1.29 is 4.79 Å².